The molecule has 3 aromatic carbocycles. The van der Waals surface area contributed by atoms with Crippen molar-refractivity contribution in [2.24, 2.45) is 4.99 Å². The molecular weight excluding hydrogens is 543 g/mol. The number of hydrogen-bond donors (Lipinski definition) is 0. The molecule has 1 aromatic heterocycles. The van der Waals surface area contributed by atoms with E-state index in [4.69, 9.17) is 32.7 Å². The summed E-state index contributed by atoms with van der Waals surface area (Å²) in [7, 11) is 1.31. The number of rotatable bonds is 6. The first-order valence-electron chi connectivity index (χ1n) is 11.7. The molecule has 0 unspecified atom stereocenters. The number of halogens is 2. The maximum Gasteiger partial charge on any atom is 0.338 e. The molecule has 0 fully saturated rings. The number of esters is 1. The Morgan fingerprint density at radius 3 is 2.37 bits per heavy atom. The number of carbonyl (C=O) groups excluding carboxylic acids is 1. The van der Waals surface area contributed by atoms with Crippen LogP contribution in [0.1, 0.15) is 29.7 Å². The summed E-state index contributed by atoms with van der Waals surface area (Å²) in [5.41, 5.74) is 2.98. The number of thiazole rings is 1. The van der Waals surface area contributed by atoms with E-state index in [1.54, 1.807) is 37.3 Å². The molecule has 2 heterocycles. The number of methoxy groups -OCH3 is 1. The van der Waals surface area contributed by atoms with Crippen LogP contribution < -0.4 is 19.6 Å². The summed E-state index contributed by atoms with van der Waals surface area (Å²) in [6, 6.07) is 21.3. The van der Waals surface area contributed by atoms with Gasteiger partial charge in [0.15, 0.2) is 4.80 Å². The minimum atomic E-state index is -0.700. The van der Waals surface area contributed by atoms with E-state index in [0.29, 0.717) is 43.0 Å². The van der Waals surface area contributed by atoms with Crippen molar-refractivity contribution < 1.29 is 14.3 Å². The zero-order valence-electron chi connectivity index (χ0n) is 20.5. The molecule has 192 valence electrons. The highest BCUT2D eigenvalue weighted by Crippen LogP contribution is 2.31. The monoisotopic (exact) mass is 564 g/mol. The SMILES string of the molecule is COC(=O)C1=C(C)N=c2s/c(=C\c3ccccc3OCc3ccc(Cl)cc3)c(=O)n2[C@@H]1c1ccc(Cl)cc1. The predicted molar refractivity (Wildman–Crippen MR) is 149 cm³/mol. The fourth-order valence-corrected chi connectivity index (χ4v) is 5.56. The molecule has 0 bridgehead atoms. The van der Waals surface area contributed by atoms with Crippen LogP contribution in [0.2, 0.25) is 10.0 Å². The first-order chi connectivity index (χ1) is 18.4. The van der Waals surface area contributed by atoms with E-state index < -0.39 is 12.0 Å². The van der Waals surface area contributed by atoms with Crippen LogP contribution in [-0.2, 0) is 16.1 Å². The van der Waals surface area contributed by atoms with Crippen molar-refractivity contribution in [3.8, 4) is 5.75 Å². The zero-order valence-corrected chi connectivity index (χ0v) is 22.8. The lowest BCUT2D eigenvalue weighted by Crippen LogP contribution is -2.39. The number of ether oxygens (including phenoxy) is 2. The molecule has 0 saturated carbocycles. The molecule has 6 nitrogen and oxygen atoms in total. The molecule has 0 saturated heterocycles. The van der Waals surface area contributed by atoms with Gasteiger partial charge >= 0.3 is 5.97 Å². The van der Waals surface area contributed by atoms with Gasteiger partial charge in [-0.1, -0.05) is 77.0 Å². The molecule has 1 atom stereocenters. The van der Waals surface area contributed by atoms with Crippen molar-refractivity contribution in [2.75, 3.05) is 7.11 Å². The summed E-state index contributed by atoms with van der Waals surface area (Å²) in [4.78, 5) is 31.7. The van der Waals surface area contributed by atoms with Gasteiger partial charge in [0.2, 0.25) is 0 Å². The Morgan fingerprint density at radius 2 is 1.68 bits per heavy atom. The van der Waals surface area contributed by atoms with Crippen molar-refractivity contribution >= 4 is 46.6 Å². The third-order valence-corrected chi connectivity index (χ3v) is 7.61. The van der Waals surface area contributed by atoms with E-state index in [0.717, 1.165) is 16.7 Å². The minimum absolute atomic E-state index is 0.268. The van der Waals surface area contributed by atoms with E-state index in [-0.39, 0.29) is 5.56 Å². The highest BCUT2D eigenvalue weighted by atomic mass is 35.5. The van der Waals surface area contributed by atoms with Crippen LogP contribution in [0.15, 0.2) is 93.9 Å². The van der Waals surface area contributed by atoms with Gasteiger partial charge < -0.3 is 9.47 Å². The number of aromatic nitrogens is 1. The van der Waals surface area contributed by atoms with Crippen LogP contribution >= 0.6 is 34.5 Å². The predicted octanol–water partition coefficient (Wildman–Crippen LogP) is 5.29. The van der Waals surface area contributed by atoms with Crippen LogP contribution in [0, 0.1) is 0 Å². The molecule has 1 aliphatic heterocycles. The molecule has 38 heavy (non-hydrogen) atoms. The number of hydrogen-bond acceptors (Lipinski definition) is 6. The van der Waals surface area contributed by atoms with Crippen molar-refractivity contribution in [3.05, 3.63) is 130 Å². The van der Waals surface area contributed by atoms with Gasteiger partial charge in [-0.2, -0.15) is 0 Å². The molecule has 0 amide bonds. The van der Waals surface area contributed by atoms with Crippen molar-refractivity contribution in [3.63, 3.8) is 0 Å². The lowest BCUT2D eigenvalue weighted by atomic mass is 9.96. The number of carbonyl (C=O) groups is 1. The Labute approximate surface area is 232 Å². The van der Waals surface area contributed by atoms with Crippen LogP contribution in [0.3, 0.4) is 0 Å². The summed E-state index contributed by atoms with van der Waals surface area (Å²) in [5.74, 6) is 0.0930. The first-order valence-corrected chi connectivity index (χ1v) is 13.3. The third kappa shape index (κ3) is 5.18. The van der Waals surface area contributed by atoms with Crippen molar-refractivity contribution in [1.82, 2.24) is 4.57 Å². The van der Waals surface area contributed by atoms with Crippen LogP contribution in [0.25, 0.3) is 6.08 Å². The molecular formula is C29H22Cl2N2O4S. The summed E-state index contributed by atoms with van der Waals surface area (Å²) in [6.45, 7) is 2.09. The molecule has 0 spiro atoms. The fourth-order valence-electron chi connectivity index (χ4n) is 4.27. The summed E-state index contributed by atoms with van der Waals surface area (Å²) < 4.78 is 13.1. The summed E-state index contributed by atoms with van der Waals surface area (Å²) in [6.07, 6.45) is 1.79. The fraction of sp³-hybridized carbons (Fsp3) is 0.138. The second kappa shape index (κ2) is 11.0. The summed E-state index contributed by atoms with van der Waals surface area (Å²) in [5, 5.41) is 1.21. The molecule has 4 aromatic rings. The normalized spacial score (nSPS) is 15.2. The highest BCUT2D eigenvalue weighted by molar-refractivity contribution is 7.07. The number of para-hydroxylation sites is 1. The van der Waals surface area contributed by atoms with Gasteiger partial charge in [-0.05, 0) is 54.5 Å². The minimum Gasteiger partial charge on any atom is -0.488 e. The van der Waals surface area contributed by atoms with Crippen molar-refractivity contribution in [2.45, 2.75) is 19.6 Å². The largest absolute Gasteiger partial charge is 0.488 e. The lowest BCUT2D eigenvalue weighted by molar-refractivity contribution is -0.136. The molecule has 0 N–H and O–H groups in total. The average Bonchev–Trinajstić information content (AvgIpc) is 3.22. The van der Waals surface area contributed by atoms with E-state index in [1.165, 1.54) is 23.0 Å². The number of fused-ring (bicyclic) bond motifs is 1. The summed E-state index contributed by atoms with van der Waals surface area (Å²) >= 11 is 13.3. The van der Waals surface area contributed by atoms with Crippen molar-refractivity contribution in [1.29, 1.82) is 0 Å². The highest BCUT2D eigenvalue weighted by Gasteiger charge is 2.33. The topological polar surface area (TPSA) is 69.9 Å². The standard InChI is InChI=1S/C29H22Cl2N2O4S/c1-17-25(28(35)36-2)26(19-9-13-22(31)14-10-19)33-27(34)24(38-29(33)32-17)15-20-5-3-4-6-23(20)37-16-18-7-11-21(30)12-8-18/h3-15,26H,16H2,1-2H3/b24-15-/t26-/m1/s1. The molecule has 1 aliphatic rings. The van der Waals surface area contributed by atoms with Gasteiger partial charge in [-0.3, -0.25) is 9.36 Å². The van der Waals surface area contributed by atoms with E-state index in [1.807, 2.05) is 48.5 Å². The first kappa shape index (κ1) is 26.0. The zero-order chi connectivity index (χ0) is 26.8. The maximum atomic E-state index is 13.8. The Kier molecular flexibility index (Phi) is 7.51. The van der Waals surface area contributed by atoms with E-state index >= 15 is 0 Å². The molecule has 0 aliphatic carbocycles. The molecule has 9 heteroatoms. The van der Waals surface area contributed by atoms with Crippen LogP contribution in [-0.4, -0.2) is 17.6 Å². The Hall–Kier alpha value is -3.65. The van der Waals surface area contributed by atoms with Gasteiger partial charge in [0.1, 0.15) is 12.4 Å². The maximum absolute atomic E-state index is 13.8. The number of allylic oxidation sites excluding steroid dienone is 1. The number of nitrogens with zero attached hydrogens (tertiary/aromatic N) is 2. The van der Waals surface area contributed by atoms with Gasteiger partial charge in [0.05, 0.1) is 29.0 Å². The van der Waals surface area contributed by atoms with Gasteiger partial charge in [0, 0.05) is 15.6 Å². The van der Waals surface area contributed by atoms with Gasteiger partial charge in [-0.25, -0.2) is 9.79 Å². The quantitative estimate of drug-likeness (QED) is 0.298. The lowest BCUT2D eigenvalue weighted by Gasteiger charge is -2.24. The Morgan fingerprint density at radius 1 is 1.03 bits per heavy atom. The Bertz CT molecular complexity index is 1720. The van der Waals surface area contributed by atoms with E-state index in [2.05, 4.69) is 4.99 Å². The Balaban J connectivity index is 1.59. The van der Waals surface area contributed by atoms with Crippen LogP contribution in [0.5, 0.6) is 5.75 Å². The van der Waals surface area contributed by atoms with E-state index in [9.17, 15) is 9.59 Å². The van der Waals surface area contributed by atoms with Gasteiger partial charge in [0.25, 0.3) is 5.56 Å². The average molecular weight is 565 g/mol. The second-order valence-electron chi connectivity index (χ2n) is 8.58. The molecule has 5 rings (SSSR count). The van der Waals surface area contributed by atoms with Crippen LogP contribution in [0.4, 0.5) is 0 Å². The smallest absolute Gasteiger partial charge is 0.338 e. The second-order valence-corrected chi connectivity index (χ2v) is 10.5. The third-order valence-electron chi connectivity index (χ3n) is 6.13. The van der Waals surface area contributed by atoms with Gasteiger partial charge in [-0.15, -0.1) is 0 Å². The number of benzene rings is 3. The molecule has 0 radical (unpaired) electrons.